The number of carbonyl (C=O) groups excluding carboxylic acids is 1. The molecule has 1 saturated heterocycles. The molecule has 0 aromatic carbocycles. The number of hydrogen-bond acceptors (Lipinski definition) is 5. The van der Waals surface area contributed by atoms with Crippen LogP contribution in [0.1, 0.15) is 29.2 Å². The molecule has 0 bridgehead atoms. The fourth-order valence-electron chi connectivity index (χ4n) is 3.71. The first kappa shape index (κ1) is 23.7. The van der Waals surface area contributed by atoms with Crippen LogP contribution in [0.5, 0.6) is 0 Å². The van der Waals surface area contributed by atoms with E-state index in [9.17, 15) is 18.0 Å². The summed E-state index contributed by atoms with van der Waals surface area (Å²) >= 11 is 1.65. The van der Waals surface area contributed by atoms with Crippen molar-refractivity contribution in [3.63, 3.8) is 0 Å². The zero-order valence-corrected chi connectivity index (χ0v) is 17.8. The SMILES string of the molecule is NC(Cc1cccs1)C(=O)N1CCCC(c2c[nH]c3ncccc23)C1.O=C(O)C(F)(F)F. The zero-order chi connectivity index (χ0) is 23.3. The van der Waals surface area contributed by atoms with E-state index in [1.54, 1.807) is 17.5 Å². The summed E-state index contributed by atoms with van der Waals surface area (Å²) in [4.78, 5) is 32.4. The highest BCUT2D eigenvalue weighted by Crippen LogP contribution is 2.31. The highest BCUT2D eigenvalue weighted by molar-refractivity contribution is 7.09. The van der Waals surface area contributed by atoms with Crippen LogP contribution in [0.15, 0.2) is 42.0 Å². The summed E-state index contributed by atoms with van der Waals surface area (Å²) in [5.41, 5.74) is 8.36. The lowest BCUT2D eigenvalue weighted by atomic mass is 9.90. The number of nitrogens with one attached hydrogen (secondary N) is 1. The lowest BCUT2D eigenvalue weighted by molar-refractivity contribution is -0.192. The molecule has 0 spiro atoms. The first-order chi connectivity index (χ1) is 15.2. The number of halogens is 3. The van der Waals surface area contributed by atoms with E-state index in [0.29, 0.717) is 12.3 Å². The van der Waals surface area contributed by atoms with Crippen molar-refractivity contribution < 1.29 is 27.9 Å². The number of nitrogens with two attached hydrogens (primary N) is 1. The fourth-order valence-corrected chi connectivity index (χ4v) is 4.48. The summed E-state index contributed by atoms with van der Waals surface area (Å²) in [5.74, 6) is -2.35. The number of rotatable bonds is 4. The average Bonchev–Trinajstić information content (AvgIpc) is 3.43. The number of alkyl halides is 3. The van der Waals surface area contributed by atoms with E-state index in [0.717, 1.165) is 41.8 Å². The molecule has 0 aliphatic carbocycles. The first-order valence-corrected chi connectivity index (χ1v) is 10.8. The number of fused-ring (bicyclic) bond motifs is 1. The van der Waals surface area contributed by atoms with E-state index in [2.05, 4.69) is 16.0 Å². The Morgan fingerprint density at radius 1 is 1.34 bits per heavy atom. The van der Waals surface area contributed by atoms with E-state index in [1.165, 1.54) is 5.56 Å². The number of aromatic nitrogens is 2. The number of amides is 1. The van der Waals surface area contributed by atoms with Crippen molar-refractivity contribution in [2.45, 2.75) is 37.4 Å². The monoisotopic (exact) mass is 468 g/mol. The molecule has 4 N–H and O–H groups in total. The predicted octanol–water partition coefficient (Wildman–Crippen LogP) is 3.53. The number of pyridine rings is 1. The van der Waals surface area contributed by atoms with Gasteiger partial charge in [-0.2, -0.15) is 13.2 Å². The first-order valence-electron chi connectivity index (χ1n) is 9.95. The number of aliphatic carboxylic acids is 1. The van der Waals surface area contributed by atoms with Crippen molar-refractivity contribution in [1.29, 1.82) is 0 Å². The normalized spacial score (nSPS) is 17.5. The van der Waals surface area contributed by atoms with Crippen LogP contribution in [-0.4, -0.2) is 57.2 Å². The van der Waals surface area contributed by atoms with E-state index in [1.807, 2.05) is 34.7 Å². The molecular weight excluding hydrogens is 445 g/mol. The van der Waals surface area contributed by atoms with E-state index in [4.69, 9.17) is 15.6 Å². The maximum absolute atomic E-state index is 12.8. The molecule has 1 aliphatic rings. The van der Waals surface area contributed by atoms with Crippen LogP contribution < -0.4 is 5.73 Å². The Morgan fingerprint density at radius 3 is 2.75 bits per heavy atom. The number of likely N-dealkylation sites (tertiary alicyclic amines) is 1. The topological polar surface area (TPSA) is 112 Å². The number of thiophene rings is 1. The summed E-state index contributed by atoms with van der Waals surface area (Å²) in [6, 6.07) is 7.64. The van der Waals surface area contributed by atoms with Crippen LogP contribution in [0, 0.1) is 0 Å². The number of aromatic amines is 1. The molecule has 4 heterocycles. The Kier molecular flexibility index (Phi) is 7.52. The third-order valence-corrected chi connectivity index (χ3v) is 6.12. The van der Waals surface area contributed by atoms with Crippen LogP contribution in [0.4, 0.5) is 13.2 Å². The molecule has 0 radical (unpaired) electrons. The smallest absolute Gasteiger partial charge is 0.475 e. The Labute approximate surface area is 186 Å². The summed E-state index contributed by atoms with van der Waals surface area (Å²) in [7, 11) is 0. The minimum absolute atomic E-state index is 0.0658. The molecule has 0 saturated carbocycles. The average molecular weight is 469 g/mol. The van der Waals surface area contributed by atoms with Gasteiger partial charge >= 0.3 is 12.1 Å². The van der Waals surface area contributed by atoms with Crippen molar-refractivity contribution in [3.8, 4) is 0 Å². The molecular formula is C21H23F3N4O3S. The number of H-pyrrole nitrogens is 1. The van der Waals surface area contributed by atoms with Crippen molar-refractivity contribution in [2.75, 3.05) is 13.1 Å². The van der Waals surface area contributed by atoms with Gasteiger partial charge in [0.1, 0.15) is 5.65 Å². The Balaban J connectivity index is 0.000000360. The summed E-state index contributed by atoms with van der Waals surface area (Å²) in [6.45, 7) is 1.53. The standard InChI is InChI=1S/C19H22N4OS.C2HF3O2/c20-17(10-14-5-3-9-25-14)19(24)23-8-2-4-13(12-23)16-11-22-18-15(16)6-1-7-21-18;3-2(4,5)1(6)7/h1,3,5-7,9,11,13,17H,2,4,8,10,12,20H2,(H,21,22);(H,6,7). The van der Waals surface area contributed by atoms with Gasteiger partial charge in [-0.3, -0.25) is 4.79 Å². The molecule has 3 aromatic rings. The maximum Gasteiger partial charge on any atom is 0.490 e. The number of nitrogens with zero attached hydrogens (tertiary/aromatic N) is 2. The highest BCUT2D eigenvalue weighted by Gasteiger charge is 2.38. The molecule has 2 atom stereocenters. The zero-order valence-electron chi connectivity index (χ0n) is 17.0. The van der Waals surface area contributed by atoms with Gasteiger partial charge in [-0.15, -0.1) is 11.3 Å². The predicted molar refractivity (Wildman–Crippen MR) is 114 cm³/mol. The molecule has 1 fully saturated rings. The Morgan fingerprint density at radius 2 is 2.09 bits per heavy atom. The van der Waals surface area contributed by atoms with Gasteiger partial charge in [-0.05, 0) is 42.0 Å². The number of hydrogen-bond donors (Lipinski definition) is 3. The fraction of sp³-hybridized carbons (Fsp3) is 0.381. The Hall–Kier alpha value is -2.92. The van der Waals surface area contributed by atoms with Gasteiger partial charge in [-0.25, -0.2) is 9.78 Å². The van der Waals surface area contributed by atoms with Crippen molar-refractivity contribution in [2.24, 2.45) is 5.73 Å². The van der Waals surface area contributed by atoms with Crippen LogP contribution in [0.25, 0.3) is 11.0 Å². The van der Waals surface area contributed by atoms with Gasteiger partial charge in [0.15, 0.2) is 0 Å². The quantitative estimate of drug-likeness (QED) is 0.542. The van der Waals surface area contributed by atoms with E-state index < -0.39 is 18.2 Å². The van der Waals surface area contributed by atoms with Gasteiger partial charge in [0.25, 0.3) is 0 Å². The molecule has 7 nitrogen and oxygen atoms in total. The number of carboxylic acid groups (broad SMARTS) is 1. The summed E-state index contributed by atoms with van der Waals surface area (Å²) in [5, 5.41) is 10.3. The third-order valence-electron chi connectivity index (χ3n) is 5.22. The second kappa shape index (κ2) is 10.1. The molecule has 172 valence electrons. The third kappa shape index (κ3) is 5.86. The van der Waals surface area contributed by atoms with Crippen LogP contribution in [-0.2, 0) is 16.0 Å². The van der Waals surface area contributed by atoms with Crippen molar-refractivity contribution in [1.82, 2.24) is 14.9 Å². The number of piperidine rings is 1. The maximum atomic E-state index is 12.8. The lowest BCUT2D eigenvalue weighted by Crippen LogP contribution is -2.48. The Bertz CT molecular complexity index is 1050. The number of carbonyl (C=O) groups is 2. The molecule has 2 unspecified atom stereocenters. The number of carboxylic acids is 1. The molecule has 1 aliphatic heterocycles. The van der Waals surface area contributed by atoms with Crippen LogP contribution in [0.3, 0.4) is 0 Å². The second-order valence-corrected chi connectivity index (χ2v) is 8.49. The molecule has 1 amide bonds. The molecule has 3 aromatic heterocycles. The summed E-state index contributed by atoms with van der Waals surface area (Å²) in [6.07, 6.45) is 1.47. The minimum Gasteiger partial charge on any atom is -0.475 e. The highest BCUT2D eigenvalue weighted by atomic mass is 32.1. The minimum atomic E-state index is -5.08. The van der Waals surface area contributed by atoms with Crippen LogP contribution in [0.2, 0.25) is 0 Å². The summed E-state index contributed by atoms with van der Waals surface area (Å²) < 4.78 is 31.7. The molecule has 11 heteroatoms. The lowest BCUT2D eigenvalue weighted by Gasteiger charge is -2.34. The van der Waals surface area contributed by atoms with E-state index in [-0.39, 0.29) is 5.91 Å². The van der Waals surface area contributed by atoms with Gasteiger partial charge in [0, 0.05) is 48.1 Å². The van der Waals surface area contributed by atoms with E-state index >= 15 is 0 Å². The van der Waals surface area contributed by atoms with Crippen LogP contribution >= 0.6 is 11.3 Å². The van der Waals surface area contributed by atoms with Crippen molar-refractivity contribution in [3.05, 3.63) is 52.5 Å². The van der Waals surface area contributed by atoms with Gasteiger partial charge < -0.3 is 20.7 Å². The molecule has 4 rings (SSSR count). The largest absolute Gasteiger partial charge is 0.490 e. The molecule has 32 heavy (non-hydrogen) atoms. The van der Waals surface area contributed by atoms with Crippen molar-refractivity contribution >= 4 is 34.2 Å². The van der Waals surface area contributed by atoms with Gasteiger partial charge in [0.05, 0.1) is 6.04 Å². The van der Waals surface area contributed by atoms with Gasteiger partial charge in [0.2, 0.25) is 5.91 Å². The van der Waals surface area contributed by atoms with Gasteiger partial charge in [-0.1, -0.05) is 6.07 Å². The second-order valence-electron chi connectivity index (χ2n) is 7.46.